The van der Waals surface area contributed by atoms with Crippen LogP contribution in [-0.2, 0) is 9.59 Å². The Labute approximate surface area is 122 Å². The Balaban J connectivity index is 3.97. The van der Waals surface area contributed by atoms with Gasteiger partial charge in [0.2, 0.25) is 11.8 Å². The van der Waals surface area contributed by atoms with Crippen LogP contribution in [0.15, 0.2) is 0 Å². The van der Waals surface area contributed by atoms with Crippen molar-refractivity contribution in [1.82, 2.24) is 15.1 Å². The van der Waals surface area contributed by atoms with Gasteiger partial charge in [0.25, 0.3) is 0 Å². The summed E-state index contributed by atoms with van der Waals surface area (Å²) in [7, 11) is 3.68. The van der Waals surface area contributed by atoms with Crippen molar-refractivity contribution >= 4 is 11.8 Å². The maximum absolute atomic E-state index is 11.9. The molecule has 0 aromatic carbocycles. The van der Waals surface area contributed by atoms with Gasteiger partial charge in [0.15, 0.2) is 0 Å². The summed E-state index contributed by atoms with van der Waals surface area (Å²) in [4.78, 5) is 27.1. The smallest absolute Gasteiger partial charge is 0.239 e. The van der Waals surface area contributed by atoms with E-state index < -0.39 is 5.54 Å². The van der Waals surface area contributed by atoms with Crippen molar-refractivity contribution in [3.63, 3.8) is 0 Å². The molecule has 0 heterocycles. The fourth-order valence-corrected chi connectivity index (χ4v) is 1.67. The minimum atomic E-state index is -0.869. The quantitative estimate of drug-likeness (QED) is 0.652. The zero-order valence-corrected chi connectivity index (χ0v) is 13.7. The van der Waals surface area contributed by atoms with Crippen molar-refractivity contribution in [1.29, 1.82) is 0 Å². The van der Waals surface area contributed by atoms with Crippen LogP contribution in [0.1, 0.15) is 27.7 Å². The third-order valence-electron chi connectivity index (χ3n) is 2.83. The number of carbonyl (C=O) groups is 2. The van der Waals surface area contributed by atoms with Gasteiger partial charge in [-0.25, -0.2) is 0 Å². The molecule has 0 fully saturated rings. The van der Waals surface area contributed by atoms with Crippen LogP contribution in [0.2, 0.25) is 0 Å². The van der Waals surface area contributed by atoms with E-state index in [1.807, 2.05) is 19.0 Å². The molecule has 0 radical (unpaired) electrons. The van der Waals surface area contributed by atoms with Gasteiger partial charge in [-0.3, -0.25) is 14.5 Å². The minimum absolute atomic E-state index is 0.0895. The second kappa shape index (κ2) is 8.21. The number of nitrogens with one attached hydrogen (secondary N) is 1. The van der Waals surface area contributed by atoms with Crippen molar-refractivity contribution in [2.24, 2.45) is 11.7 Å². The van der Waals surface area contributed by atoms with Gasteiger partial charge in [-0.15, -0.1) is 0 Å². The van der Waals surface area contributed by atoms with Gasteiger partial charge >= 0.3 is 0 Å². The molecule has 0 saturated carbocycles. The van der Waals surface area contributed by atoms with Crippen LogP contribution in [0.3, 0.4) is 0 Å². The first-order valence-electron chi connectivity index (χ1n) is 7.03. The largest absolute Gasteiger partial charge is 0.353 e. The van der Waals surface area contributed by atoms with Crippen molar-refractivity contribution in [2.45, 2.75) is 33.2 Å². The first kappa shape index (κ1) is 18.9. The standard InChI is InChI=1S/C14H30N4O2/c1-11(2)9-18(6)12(19)10-17(5)8-7-16-13(20)14(3,4)15/h11H,7-10,15H2,1-6H3,(H,16,20). The molecule has 6 heteroatoms. The molecular weight excluding hydrogens is 256 g/mol. The fraction of sp³-hybridized carbons (Fsp3) is 0.857. The van der Waals surface area contributed by atoms with Crippen molar-refractivity contribution in [3.8, 4) is 0 Å². The molecular formula is C14H30N4O2. The maximum atomic E-state index is 11.9. The number of hydrogen-bond acceptors (Lipinski definition) is 4. The molecule has 0 atom stereocenters. The Hall–Kier alpha value is -1.14. The van der Waals surface area contributed by atoms with Gasteiger partial charge in [-0.2, -0.15) is 0 Å². The van der Waals surface area contributed by atoms with Crippen LogP contribution >= 0.6 is 0 Å². The summed E-state index contributed by atoms with van der Waals surface area (Å²) < 4.78 is 0. The zero-order valence-electron chi connectivity index (χ0n) is 13.7. The first-order chi connectivity index (χ1) is 9.04. The minimum Gasteiger partial charge on any atom is -0.353 e. The zero-order chi connectivity index (χ0) is 15.9. The van der Waals surface area contributed by atoms with Crippen LogP contribution in [-0.4, -0.2) is 67.4 Å². The summed E-state index contributed by atoms with van der Waals surface area (Å²) >= 11 is 0. The second-order valence-corrected chi connectivity index (χ2v) is 6.38. The predicted molar refractivity (Wildman–Crippen MR) is 81.2 cm³/mol. The Morgan fingerprint density at radius 1 is 1.25 bits per heavy atom. The van der Waals surface area contributed by atoms with E-state index in [1.54, 1.807) is 18.7 Å². The monoisotopic (exact) mass is 286 g/mol. The van der Waals surface area contributed by atoms with Gasteiger partial charge in [-0.1, -0.05) is 13.8 Å². The Bertz CT molecular complexity index is 324. The number of nitrogens with zero attached hydrogens (tertiary/aromatic N) is 2. The third kappa shape index (κ3) is 8.12. The molecule has 0 aliphatic rings. The highest BCUT2D eigenvalue weighted by Crippen LogP contribution is 1.98. The summed E-state index contributed by atoms with van der Waals surface area (Å²) in [6, 6.07) is 0. The van der Waals surface area contributed by atoms with Gasteiger partial charge in [0.05, 0.1) is 12.1 Å². The summed E-state index contributed by atoms with van der Waals surface area (Å²) in [6.45, 7) is 9.69. The van der Waals surface area contributed by atoms with E-state index in [9.17, 15) is 9.59 Å². The number of likely N-dealkylation sites (N-methyl/N-ethyl adjacent to an activating group) is 2. The number of amides is 2. The topological polar surface area (TPSA) is 78.7 Å². The highest BCUT2D eigenvalue weighted by atomic mass is 16.2. The Morgan fingerprint density at radius 3 is 2.25 bits per heavy atom. The van der Waals surface area contributed by atoms with E-state index in [0.717, 1.165) is 6.54 Å². The SMILES string of the molecule is CC(C)CN(C)C(=O)CN(C)CCNC(=O)C(C)(C)N. The van der Waals surface area contributed by atoms with E-state index >= 15 is 0 Å². The number of rotatable bonds is 8. The molecule has 20 heavy (non-hydrogen) atoms. The maximum Gasteiger partial charge on any atom is 0.239 e. The molecule has 0 aromatic rings. The van der Waals surface area contributed by atoms with Gasteiger partial charge < -0.3 is 16.0 Å². The number of hydrogen-bond donors (Lipinski definition) is 2. The van der Waals surface area contributed by atoms with Crippen molar-refractivity contribution in [3.05, 3.63) is 0 Å². The molecule has 0 aliphatic heterocycles. The van der Waals surface area contributed by atoms with Crippen molar-refractivity contribution < 1.29 is 9.59 Å². The van der Waals surface area contributed by atoms with Gasteiger partial charge in [0.1, 0.15) is 0 Å². The average Bonchev–Trinajstić information content (AvgIpc) is 2.26. The Kier molecular flexibility index (Phi) is 7.75. The summed E-state index contributed by atoms with van der Waals surface area (Å²) in [5.74, 6) is 0.362. The van der Waals surface area contributed by atoms with E-state index in [2.05, 4.69) is 19.2 Å². The average molecular weight is 286 g/mol. The molecule has 3 N–H and O–H groups in total. The van der Waals surface area contributed by atoms with Crippen LogP contribution in [0.5, 0.6) is 0 Å². The molecule has 118 valence electrons. The lowest BCUT2D eigenvalue weighted by Gasteiger charge is -2.24. The third-order valence-corrected chi connectivity index (χ3v) is 2.83. The number of carbonyl (C=O) groups excluding carboxylic acids is 2. The molecule has 0 bridgehead atoms. The van der Waals surface area contributed by atoms with Gasteiger partial charge in [0, 0.05) is 26.7 Å². The lowest BCUT2D eigenvalue weighted by Crippen LogP contribution is -2.50. The molecule has 0 rings (SSSR count). The predicted octanol–water partition coefficient (Wildman–Crippen LogP) is -0.114. The summed E-state index contributed by atoms with van der Waals surface area (Å²) in [5, 5.41) is 2.76. The van der Waals surface area contributed by atoms with Crippen LogP contribution in [0, 0.1) is 5.92 Å². The molecule has 2 amide bonds. The Morgan fingerprint density at radius 2 is 1.80 bits per heavy atom. The second-order valence-electron chi connectivity index (χ2n) is 6.38. The van der Waals surface area contributed by atoms with Gasteiger partial charge in [-0.05, 0) is 26.8 Å². The normalized spacial score (nSPS) is 11.8. The fourth-order valence-electron chi connectivity index (χ4n) is 1.67. The highest BCUT2D eigenvalue weighted by molar-refractivity contribution is 5.85. The molecule has 0 aliphatic carbocycles. The van der Waals surface area contributed by atoms with E-state index in [0.29, 0.717) is 25.6 Å². The van der Waals surface area contributed by atoms with E-state index in [-0.39, 0.29) is 11.8 Å². The van der Waals surface area contributed by atoms with Crippen LogP contribution in [0.25, 0.3) is 0 Å². The van der Waals surface area contributed by atoms with E-state index in [4.69, 9.17) is 5.73 Å². The first-order valence-corrected chi connectivity index (χ1v) is 7.03. The lowest BCUT2D eigenvalue weighted by atomic mass is 10.1. The summed E-state index contributed by atoms with van der Waals surface area (Å²) in [5.41, 5.74) is 4.81. The molecule has 6 nitrogen and oxygen atoms in total. The number of nitrogens with two attached hydrogens (primary N) is 1. The van der Waals surface area contributed by atoms with E-state index in [1.165, 1.54) is 0 Å². The highest BCUT2D eigenvalue weighted by Gasteiger charge is 2.21. The molecule has 0 saturated heterocycles. The van der Waals surface area contributed by atoms with Crippen LogP contribution in [0.4, 0.5) is 0 Å². The van der Waals surface area contributed by atoms with Crippen LogP contribution < -0.4 is 11.1 Å². The lowest BCUT2D eigenvalue weighted by molar-refractivity contribution is -0.131. The van der Waals surface area contributed by atoms with Crippen molar-refractivity contribution in [2.75, 3.05) is 40.3 Å². The molecule has 0 aromatic heterocycles. The molecule has 0 spiro atoms. The summed E-state index contributed by atoms with van der Waals surface area (Å²) in [6.07, 6.45) is 0. The molecule has 0 unspecified atom stereocenters.